The Morgan fingerprint density at radius 2 is 1.92 bits per heavy atom. The maximum atomic E-state index is 13.9. The molecule has 0 saturated carbocycles. The number of carbonyl (C=O) groups is 1. The maximum Gasteiger partial charge on any atom is 0.419 e. The minimum atomic E-state index is -4.64. The smallest absolute Gasteiger partial charge is 0.419 e. The first-order chi connectivity index (χ1) is 17.5. The van der Waals surface area contributed by atoms with Crippen LogP contribution in [0.3, 0.4) is 0 Å². The predicted octanol–water partition coefficient (Wildman–Crippen LogP) is 5.30. The number of likely N-dealkylation sites (N-methyl/N-ethyl adjacent to an activating group) is 1. The van der Waals surface area contributed by atoms with Crippen LogP contribution in [-0.2, 0) is 18.0 Å². The Hall–Kier alpha value is -4.12. The first kappa shape index (κ1) is 26.0. The first-order valence-corrected chi connectivity index (χ1v) is 11.5. The van der Waals surface area contributed by atoms with Crippen LogP contribution < -0.4 is 15.4 Å². The Morgan fingerprint density at radius 3 is 2.62 bits per heavy atom. The van der Waals surface area contributed by atoms with Crippen LogP contribution in [-0.4, -0.2) is 52.6 Å². The number of aryl methyl sites for hydroxylation is 1. The average molecular weight is 513 g/mol. The number of ether oxygens (including phenoxy) is 1. The van der Waals surface area contributed by atoms with Crippen molar-refractivity contribution in [3.63, 3.8) is 0 Å². The SMILES string of the molecule is CC(=O)Nc1cc(Nc2ncc(C(F)(F)F)c(-c3cn(C)c4ccccc34)n2)ccc1OCCN(C)C. The zero-order valence-corrected chi connectivity index (χ0v) is 20.8. The van der Waals surface area contributed by atoms with Crippen LogP contribution >= 0.6 is 0 Å². The highest BCUT2D eigenvalue weighted by molar-refractivity contribution is 5.96. The number of rotatable bonds is 8. The number of hydrogen-bond donors (Lipinski definition) is 2. The minimum Gasteiger partial charge on any atom is -0.490 e. The fourth-order valence-corrected chi connectivity index (χ4v) is 3.87. The molecular weight excluding hydrogens is 485 g/mol. The lowest BCUT2D eigenvalue weighted by atomic mass is 10.1. The molecule has 2 N–H and O–H groups in total. The highest BCUT2D eigenvalue weighted by Crippen LogP contribution is 2.39. The van der Waals surface area contributed by atoms with Gasteiger partial charge in [0.1, 0.15) is 17.9 Å². The predicted molar refractivity (Wildman–Crippen MR) is 137 cm³/mol. The van der Waals surface area contributed by atoms with E-state index in [1.165, 1.54) is 6.92 Å². The second kappa shape index (κ2) is 10.5. The number of nitrogens with one attached hydrogen (secondary N) is 2. The van der Waals surface area contributed by atoms with Crippen molar-refractivity contribution in [3.05, 3.63) is 60.4 Å². The number of alkyl halides is 3. The summed E-state index contributed by atoms with van der Waals surface area (Å²) in [7, 11) is 5.61. The Kier molecular flexibility index (Phi) is 7.35. The lowest BCUT2D eigenvalue weighted by molar-refractivity contribution is -0.137. The lowest BCUT2D eigenvalue weighted by Crippen LogP contribution is -2.20. The normalized spacial score (nSPS) is 11.7. The molecule has 194 valence electrons. The van der Waals surface area contributed by atoms with Gasteiger partial charge in [-0.3, -0.25) is 4.79 Å². The summed E-state index contributed by atoms with van der Waals surface area (Å²) >= 11 is 0. The van der Waals surface area contributed by atoms with E-state index in [0.29, 0.717) is 41.2 Å². The number of halogens is 3. The Morgan fingerprint density at radius 1 is 1.16 bits per heavy atom. The van der Waals surface area contributed by atoms with Crippen molar-refractivity contribution in [1.82, 2.24) is 19.4 Å². The summed E-state index contributed by atoms with van der Waals surface area (Å²) in [6.45, 7) is 2.46. The largest absolute Gasteiger partial charge is 0.490 e. The van der Waals surface area contributed by atoms with Crippen LogP contribution in [0.1, 0.15) is 12.5 Å². The molecule has 1 amide bonds. The van der Waals surface area contributed by atoms with Gasteiger partial charge in [-0.1, -0.05) is 18.2 Å². The third-order valence-corrected chi connectivity index (χ3v) is 5.59. The Labute approximate surface area is 212 Å². The second-order valence-corrected chi connectivity index (χ2v) is 8.79. The van der Waals surface area contributed by atoms with Crippen molar-refractivity contribution >= 4 is 34.1 Å². The van der Waals surface area contributed by atoms with E-state index >= 15 is 0 Å². The van der Waals surface area contributed by atoms with E-state index in [1.54, 1.807) is 48.1 Å². The number of aromatic nitrogens is 3. The molecule has 2 aromatic carbocycles. The topological polar surface area (TPSA) is 84.3 Å². The molecule has 2 aromatic heterocycles. The number of fused-ring (bicyclic) bond motifs is 1. The van der Waals surface area contributed by atoms with Gasteiger partial charge in [-0.15, -0.1) is 0 Å². The van der Waals surface area contributed by atoms with Gasteiger partial charge in [0.15, 0.2) is 0 Å². The van der Waals surface area contributed by atoms with Gasteiger partial charge in [-0.25, -0.2) is 9.97 Å². The van der Waals surface area contributed by atoms with Crippen molar-refractivity contribution in [1.29, 1.82) is 0 Å². The van der Waals surface area contributed by atoms with Crippen molar-refractivity contribution in [3.8, 4) is 17.0 Å². The molecule has 8 nitrogen and oxygen atoms in total. The van der Waals surface area contributed by atoms with Gasteiger partial charge in [-0.2, -0.15) is 13.2 Å². The molecule has 0 radical (unpaired) electrons. The van der Waals surface area contributed by atoms with Crippen LogP contribution in [0.25, 0.3) is 22.2 Å². The quantitative estimate of drug-likeness (QED) is 0.334. The van der Waals surface area contributed by atoms with E-state index in [4.69, 9.17) is 4.74 Å². The van der Waals surface area contributed by atoms with Crippen molar-refractivity contribution in [2.75, 3.05) is 37.9 Å². The molecule has 4 rings (SSSR count). The minimum absolute atomic E-state index is 0.0222. The van der Waals surface area contributed by atoms with E-state index in [0.717, 1.165) is 11.7 Å². The van der Waals surface area contributed by atoms with Crippen LogP contribution in [0.2, 0.25) is 0 Å². The molecule has 11 heteroatoms. The maximum absolute atomic E-state index is 13.9. The van der Waals surface area contributed by atoms with Crippen LogP contribution in [0.15, 0.2) is 54.9 Å². The highest BCUT2D eigenvalue weighted by atomic mass is 19.4. The van der Waals surface area contributed by atoms with E-state index < -0.39 is 11.7 Å². The number of nitrogens with zero attached hydrogens (tertiary/aromatic N) is 4. The molecule has 0 aliphatic carbocycles. The molecule has 0 unspecified atom stereocenters. The summed E-state index contributed by atoms with van der Waals surface area (Å²) in [5.74, 6) is 0.150. The number of para-hydroxylation sites is 1. The monoisotopic (exact) mass is 512 g/mol. The van der Waals surface area contributed by atoms with Gasteiger partial charge in [0, 0.05) is 55.1 Å². The van der Waals surface area contributed by atoms with Gasteiger partial charge >= 0.3 is 6.18 Å². The van der Waals surface area contributed by atoms with E-state index in [1.807, 2.05) is 31.1 Å². The van der Waals surface area contributed by atoms with Crippen LogP contribution in [0.4, 0.5) is 30.5 Å². The van der Waals surface area contributed by atoms with E-state index in [9.17, 15) is 18.0 Å². The Bertz CT molecular complexity index is 1430. The third kappa shape index (κ3) is 6.00. The number of amides is 1. The first-order valence-electron chi connectivity index (χ1n) is 11.5. The summed E-state index contributed by atoms with van der Waals surface area (Å²) < 4.78 is 49.3. The van der Waals surface area contributed by atoms with Crippen molar-refractivity contribution < 1.29 is 22.7 Å². The van der Waals surface area contributed by atoms with Crippen LogP contribution in [0, 0.1) is 0 Å². The summed E-state index contributed by atoms with van der Waals surface area (Å²) in [4.78, 5) is 21.9. The third-order valence-electron chi connectivity index (χ3n) is 5.59. The summed E-state index contributed by atoms with van der Waals surface area (Å²) in [6.07, 6.45) is -2.24. The fraction of sp³-hybridized carbons (Fsp3) is 0.269. The summed E-state index contributed by atoms with van der Waals surface area (Å²) in [6, 6.07) is 12.1. The molecular formula is C26H27F3N6O2. The summed E-state index contributed by atoms with van der Waals surface area (Å²) in [5.41, 5.74) is 0.846. The highest BCUT2D eigenvalue weighted by Gasteiger charge is 2.36. The molecule has 0 spiro atoms. The van der Waals surface area contributed by atoms with Gasteiger partial charge in [0.25, 0.3) is 0 Å². The van der Waals surface area contributed by atoms with Gasteiger partial charge < -0.3 is 24.8 Å². The van der Waals surface area contributed by atoms with Gasteiger partial charge in [-0.05, 0) is 38.4 Å². The number of hydrogen-bond acceptors (Lipinski definition) is 6. The van der Waals surface area contributed by atoms with E-state index in [2.05, 4.69) is 20.6 Å². The zero-order valence-electron chi connectivity index (χ0n) is 20.8. The molecule has 0 fully saturated rings. The molecule has 4 aromatic rings. The molecule has 0 saturated heterocycles. The zero-order chi connectivity index (χ0) is 26.7. The molecule has 0 bridgehead atoms. The number of anilines is 3. The van der Waals surface area contributed by atoms with Crippen molar-refractivity contribution in [2.45, 2.75) is 13.1 Å². The summed E-state index contributed by atoms with van der Waals surface area (Å²) in [5, 5.41) is 6.31. The van der Waals surface area contributed by atoms with Gasteiger partial charge in [0.2, 0.25) is 11.9 Å². The molecule has 0 atom stereocenters. The second-order valence-electron chi connectivity index (χ2n) is 8.79. The standard InChI is InChI=1S/C26H27F3N6O2/c1-16(36)31-21-13-17(9-10-23(21)37-12-11-34(2)3)32-25-30-14-20(26(27,28)29)24(33-25)19-15-35(4)22-8-6-5-7-18(19)22/h5-10,13-15H,11-12H2,1-4H3,(H,31,36)(H,30,32,33). The number of carbonyl (C=O) groups excluding carboxylic acids is 1. The molecule has 0 aliphatic rings. The molecule has 37 heavy (non-hydrogen) atoms. The van der Waals surface area contributed by atoms with Crippen LogP contribution in [0.5, 0.6) is 5.75 Å². The lowest BCUT2D eigenvalue weighted by Gasteiger charge is -2.16. The Balaban J connectivity index is 1.71. The van der Waals surface area contributed by atoms with Crippen molar-refractivity contribution in [2.24, 2.45) is 7.05 Å². The fourth-order valence-electron chi connectivity index (χ4n) is 3.87. The van der Waals surface area contributed by atoms with E-state index in [-0.39, 0.29) is 17.5 Å². The number of benzene rings is 2. The molecule has 2 heterocycles. The average Bonchev–Trinajstić information content (AvgIpc) is 3.16. The van der Waals surface area contributed by atoms with Gasteiger partial charge in [0.05, 0.1) is 11.4 Å². The molecule has 0 aliphatic heterocycles.